The second-order valence-corrected chi connectivity index (χ2v) is 18.2. The average Bonchev–Trinajstić information content (AvgIpc) is 3.14. The molecule has 0 aromatic carbocycles. The maximum absolute atomic E-state index is 13.4. The van der Waals surface area contributed by atoms with Gasteiger partial charge in [0.2, 0.25) is 0 Å². The lowest BCUT2D eigenvalue weighted by atomic mass is 9.83. The molecule has 0 aromatic rings. The molecule has 322 valence electrons. The normalized spacial score (nSPS) is 12.3. The molecular weight excluding hydrogens is 671 g/mol. The van der Waals surface area contributed by atoms with Crippen LogP contribution in [-0.2, 0) is 19.1 Å². The number of hydrogen-bond donors (Lipinski definition) is 1. The molecule has 0 fully saturated rings. The van der Waals surface area contributed by atoms with Crippen molar-refractivity contribution < 1.29 is 24.2 Å². The minimum absolute atomic E-state index is 0.0000584. The van der Waals surface area contributed by atoms with E-state index < -0.39 is 5.41 Å². The lowest BCUT2D eigenvalue weighted by Crippen LogP contribution is -2.32. The quantitative estimate of drug-likeness (QED) is 0.0493. The highest BCUT2D eigenvalue weighted by atomic mass is 16.5. The molecule has 0 spiro atoms. The van der Waals surface area contributed by atoms with Crippen molar-refractivity contribution in [1.82, 2.24) is 4.90 Å². The van der Waals surface area contributed by atoms with E-state index in [4.69, 9.17) is 9.47 Å². The van der Waals surface area contributed by atoms with Crippen LogP contribution in [0.5, 0.6) is 0 Å². The van der Waals surface area contributed by atoms with Gasteiger partial charge in [0.25, 0.3) is 0 Å². The molecule has 0 rings (SSSR count). The molecule has 0 aliphatic rings. The van der Waals surface area contributed by atoms with Crippen LogP contribution in [0, 0.1) is 10.8 Å². The largest absolute Gasteiger partial charge is 0.466 e. The van der Waals surface area contributed by atoms with E-state index in [1.54, 1.807) is 0 Å². The predicted molar refractivity (Wildman–Crippen MR) is 232 cm³/mol. The predicted octanol–water partition coefficient (Wildman–Crippen LogP) is 13.9. The van der Waals surface area contributed by atoms with E-state index in [1.807, 2.05) is 0 Å². The number of esters is 2. The van der Waals surface area contributed by atoms with Gasteiger partial charge >= 0.3 is 11.9 Å². The summed E-state index contributed by atoms with van der Waals surface area (Å²) in [5.74, 6) is -0.0393. The first-order valence-electron chi connectivity index (χ1n) is 23.7. The summed E-state index contributed by atoms with van der Waals surface area (Å²) in [6.45, 7) is 19.1. The SMILES string of the molecule is CCCCCCCCCOC(=O)CCCCC(C)(C)CCN(CCO)CCCCCCC(C)(C)C(=O)OC(CCCCCCCC)CCCCCCCC. The van der Waals surface area contributed by atoms with Gasteiger partial charge in [-0.15, -0.1) is 0 Å². The van der Waals surface area contributed by atoms with E-state index in [-0.39, 0.29) is 30.1 Å². The lowest BCUT2D eigenvalue weighted by molar-refractivity contribution is -0.161. The summed E-state index contributed by atoms with van der Waals surface area (Å²) in [4.78, 5) is 28.0. The number of carbonyl (C=O) groups excluding carboxylic acids is 2. The molecule has 0 atom stereocenters. The molecular formula is C48H95NO5. The van der Waals surface area contributed by atoms with E-state index in [0.717, 1.165) is 103 Å². The maximum Gasteiger partial charge on any atom is 0.311 e. The number of carbonyl (C=O) groups is 2. The van der Waals surface area contributed by atoms with Crippen molar-refractivity contribution in [2.24, 2.45) is 10.8 Å². The first-order chi connectivity index (χ1) is 26.0. The highest BCUT2D eigenvalue weighted by Crippen LogP contribution is 2.30. The van der Waals surface area contributed by atoms with Crippen LogP contribution in [0.25, 0.3) is 0 Å². The molecule has 0 saturated heterocycles. The number of ether oxygens (including phenoxy) is 2. The highest BCUT2D eigenvalue weighted by Gasteiger charge is 2.31. The smallest absolute Gasteiger partial charge is 0.311 e. The van der Waals surface area contributed by atoms with E-state index in [2.05, 4.69) is 53.4 Å². The maximum atomic E-state index is 13.4. The van der Waals surface area contributed by atoms with Crippen LogP contribution in [0.4, 0.5) is 0 Å². The Balaban J connectivity index is 4.39. The molecule has 0 aromatic heterocycles. The van der Waals surface area contributed by atoms with Crippen LogP contribution in [0.15, 0.2) is 0 Å². The Kier molecular flexibility index (Phi) is 35.5. The molecule has 0 aliphatic heterocycles. The minimum Gasteiger partial charge on any atom is -0.466 e. The zero-order valence-corrected chi connectivity index (χ0v) is 37.6. The highest BCUT2D eigenvalue weighted by molar-refractivity contribution is 5.76. The Morgan fingerprint density at radius 3 is 1.57 bits per heavy atom. The van der Waals surface area contributed by atoms with Gasteiger partial charge in [0, 0.05) is 13.0 Å². The Morgan fingerprint density at radius 1 is 0.537 bits per heavy atom. The van der Waals surface area contributed by atoms with Crippen molar-refractivity contribution in [3.8, 4) is 0 Å². The van der Waals surface area contributed by atoms with Crippen molar-refractivity contribution in [1.29, 1.82) is 0 Å². The van der Waals surface area contributed by atoms with E-state index in [1.165, 1.54) is 109 Å². The molecule has 0 amide bonds. The van der Waals surface area contributed by atoms with Crippen LogP contribution >= 0.6 is 0 Å². The number of hydrogen-bond acceptors (Lipinski definition) is 6. The van der Waals surface area contributed by atoms with E-state index >= 15 is 0 Å². The molecule has 0 unspecified atom stereocenters. The number of rotatable bonds is 41. The van der Waals surface area contributed by atoms with Gasteiger partial charge in [-0.05, 0) is 96.6 Å². The van der Waals surface area contributed by atoms with Crippen LogP contribution in [-0.4, -0.2) is 60.9 Å². The molecule has 6 nitrogen and oxygen atoms in total. The Bertz CT molecular complexity index is 827. The van der Waals surface area contributed by atoms with Crippen molar-refractivity contribution >= 4 is 11.9 Å². The first kappa shape index (κ1) is 52.9. The number of nitrogens with zero attached hydrogens (tertiary/aromatic N) is 1. The fourth-order valence-electron chi connectivity index (χ4n) is 7.49. The monoisotopic (exact) mass is 766 g/mol. The van der Waals surface area contributed by atoms with Gasteiger partial charge in [0.05, 0.1) is 18.6 Å². The third-order valence-electron chi connectivity index (χ3n) is 11.6. The van der Waals surface area contributed by atoms with E-state index in [9.17, 15) is 14.7 Å². The Morgan fingerprint density at radius 2 is 1.02 bits per heavy atom. The van der Waals surface area contributed by atoms with Gasteiger partial charge in [-0.25, -0.2) is 0 Å². The van der Waals surface area contributed by atoms with Gasteiger partial charge < -0.3 is 19.5 Å². The first-order valence-corrected chi connectivity index (χ1v) is 23.7. The summed E-state index contributed by atoms with van der Waals surface area (Å²) in [6, 6.07) is 0. The van der Waals surface area contributed by atoms with E-state index in [0.29, 0.717) is 13.0 Å². The molecule has 1 N–H and O–H groups in total. The van der Waals surface area contributed by atoms with Crippen LogP contribution in [0.2, 0.25) is 0 Å². The number of aliphatic hydroxyl groups is 1. The van der Waals surface area contributed by atoms with Gasteiger partial charge in [0.15, 0.2) is 0 Å². The van der Waals surface area contributed by atoms with Crippen molar-refractivity contribution in [2.75, 3.05) is 32.8 Å². The molecule has 0 bridgehead atoms. The standard InChI is InChI=1S/C48H95NO5/c1-8-11-14-17-20-25-32-43-53-45(51)35-28-30-36-47(4,5)38-40-49(41-42-50)39-31-24-23-29-37-48(6,7)46(52)54-44(33-26-21-18-15-12-9-2)34-27-22-19-16-13-10-3/h44,50H,8-43H2,1-7H3. The lowest BCUT2D eigenvalue weighted by Gasteiger charge is -2.29. The topological polar surface area (TPSA) is 76.1 Å². The summed E-state index contributed by atoms with van der Waals surface area (Å²) < 4.78 is 11.7. The summed E-state index contributed by atoms with van der Waals surface area (Å²) in [5, 5.41) is 9.72. The molecule has 6 heteroatoms. The van der Waals surface area contributed by atoms with Crippen LogP contribution in [0.3, 0.4) is 0 Å². The van der Waals surface area contributed by atoms with Crippen molar-refractivity contribution in [2.45, 2.75) is 254 Å². The van der Waals surface area contributed by atoms with Gasteiger partial charge in [-0.3, -0.25) is 9.59 Å². The van der Waals surface area contributed by atoms with Crippen LogP contribution < -0.4 is 0 Å². The molecule has 0 radical (unpaired) electrons. The Labute approximate surface area is 337 Å². The summed E-state index contributed by atoms with van der Waals surface area (Å²) >= 11 is 0. The van der Waals surface area contributed by atoms with Crippen LogP contribution in [0.1, 0.15) is 248 Å². The van der Waals surface area contributed by atoms with Crippen molar-refractivity contribution in [3.63, 3.8) is 0 Å². The number of unbranched alkanes of at least 4 members (excludes halogenated alkanes) is 20. The third-order valence-corrected chi connectivity index (χ3v) is 11.6. The molecule has 0 saturated carbocycles. The van der Waals surface area contributed by atoms with Gasteiger partial charge in [-0.1, -0.05) is 163 Å². The summed E-state index contributed by atoms with van der Waals surface area (Å²) in [6.07, 6.45) is 36.0. The molecule has 0 aliphatic carbocycles. The minimum atomic E-state index is -0.442. The fourth-order valence-corrected chi connectivity index (χ4v) is 7.49. The number of aliphatic hydroxyl groups excluding tert-OH is 1. The Hall–Kier alpha value is -1.14. The average molecular weight is 766 g/mol. The molecule has 0 heterocycles. The fraction of sp³-hybridized carbons (Fsp3) is 0.958. The van der Waals surface area contributed by atoms with Crippen molar-refractivity contribution in [3.05, 3.63) is 0 Å². The zero-order valence-electron chi connectivity index (χ0n) is 37.6. The van der Waals surface area contributed by atoms with Gasteiger partial charge in [0.1, 0.15) is 6.10 Å². The van der Waals surface area contributed by atoms with Gasteiger partial charge in [-0.2, -0.15) is 0 Å². The summed E-state index contributed by atoms with van der Waals surface area (Å²) in [5.41, 5.74) is -0.236. The third kappa shape index (κ3) is 33.0. The zero-order chi connectivity index (χ0) is 40.2. The second kappa shape index (κ2) is 36.2. The molecule has 54 heavy (non-hydrogen) atoms. The second-order valence-electron chi connectivity index (χ2n) is 18.2. The summed E-state index contributed by atoms with van der Waals surface area (Å²) in [7, 11) is 0.